The maximum atomic E-state index is 6.75. The van der Waals surface area contributed by atoms with E-state index in [0.717, 1.165) is 17.1 Å². The maximum absolute atomic E-state index is 6.75. The molecule has 0 aliphatic carbocycles. The molecule has 31 heavy (non-hydrogen) atoms. The van der Waals surface area contributed by atoms with E-state index in [1.54, 1.807) is 0 Å². The molecule has 0 aromatic heterocycles. The summed E-state index contributed by atoms with van der Waals surface area (Å²) in [4.78, 5) is 2.37. The molecule has 0 bridgehead atoms. The van der Waals surface area contributed by atoms with Crippen LogP contribution in [0.1, 0.15) is 81.5 Å². The Hall–Kier alpha value is -2.68. The van der Waals surface area contributed by atoms with Crippen molar-refractivity contribution in [3.63, 3.8) is 0 Å². The Morgan fingerprint density at radius 3 is 1.90 bits per heavy atom. The van der Waals surface area contributed by atoms with Crippen molar-refractivity contribution in [2.75, 3.05) is 4.81 Å². The lowest BCUT2D eigenvalue weighted by atomic mass is 9.63. The van der Waals surface area contributed by atoms with Crippen LogP contribution in [-0.2, 0) is 0 Å². The minimum atomic E-state index is -0.171. The van der Waals surface area contributed by atoms with Crippen LogP contribution in [0.25, 0.3) is 0 Å². The zero-order valence-electron chi connectivity index (χ0n) is 19.9. The highest BCUT2D eigenvalue weighted by molar-refractivity contribution is 6.75. The second kappa shape index (κ2) is 8.46. The molecule has 4 rings (SSSR count). The Balaban J connectivity index is 1.97. The van der Waals surface area contributed by atoms with E-state index in [-0.39, 0.29) is 7.05 Å². The molecular weight excluding hydrogens is 377 g/mol. The smallest absolute Gasteiger partial charge is 0.524 e. The molecule has 3 heteroatoms. The molecule has 0 amide bonds. The highest BCUT2D eigenvalue weighted by atomic mass is 16.5. The number of nitrogens with zero attached hydrogens (tertiary/aromatic N) is 1. The summed E-state index contributed by atoms with van der Waals surface area (Å²) in [6.07, 6.45) is 0. The van der Waals surface area contributed by atoms with Crippen LogP contribution >= 0.6 is 0 Å². The number of hydrogen-bond donors (Lipinski definition) is 0. The first kappa shape index (κ1) is 21.6. The molecule has 160 valence electrons. The Morgan fingerprint density at radius 1 is 0.742 bits per heavy atom. The predicted molar refractivity (Wildman–Crippen MR) is 134 cm³/mol. The van der Waals surface area contributed by atoms with Crippen LogP contribution in [0, 0.1) is 6.92 Å². The largest absolute Gasteiger partial charge is 0.536 e. The van der Waals surface area contributed by atoms with Crippen molar-refractivity contribution in [1.29, 1.82) is 0 Å². The molecule has 3 aromatic rings. The summed E-state index contributed by atoms with van der Waals surface area (Å²) in [5, 5.41) is 0. The third-order valence-electron chi connectivity index (χ3n) is 6.31. The lowest BCUT2D eigenvalue weighted by Crippen LogP contribution is -2.50. The van der Waals surface area contributed by atoms with E-state index in [4.69, 9.17) is 4.65 Å². The molecule has 3 aromatic carbocycles. The first-order chi connectivity index (χ1) is 14.8. The SMILES string of the molecule is Cc1ccc2c(c1)OB(c1c(C(C)C)cc(C(C)C)cc1C(C)C)N2c1ccccc1. The van der Waals surface area contributed by atoms with Gasteiger partial charge in [0, 0.05) is 5.69 Å². The van der Waals surface area contributed by atoms with Crippen molar-refractivity contribution in [2.45, 2.75) is 66.2 Å². The van der Waals surface area contributed by atoms with Crippen LogP contribution in [0.5, 0.6) is 5.75 Å². The summed E-state index contributed by atoms with van der Waals surface area (Å²) in [5.74, 6) is 2.29. The zero-order chi connectivity index (χ0) is 22.3. The van der Waals surface area contributed by atoms with E-state index < -0.39 is 0 Å². The van der Waals surface area contributed by atoms with E-state index >= 15 is 0 Å². The van der Waals surface area contributed by atoms with Gasteiger partial charge in [0.2, 0.25) is 0 Å². The van der Waals surface area contributed by atoms with E-state index in [0.29, 0.717) is 17.8 Å². The Morgan fingerprint density at radius 2 is 1.35 bits per heavy atom. The second-order valence-corrected chi connectivity index (χ2v) is 9.72. The van der Waals surface area contributed by atoms with Crippen molar-refractivity contribution in [2.24, 2.45) is 0 Å². The molecule has 0 N–H and O–H groups in total. The van der Waals surface area contributed by atoms with Crippen LogP contribution in [0.3, 0.4) is 0 Å². The standard InChI is InChI=1S/C28H34BNO/c1-18(2)22-16-24(19(3)4)28(25(17-22)20(5)6)29-30(23-11-9-8-10-12-23)26-14-13-21(7)15-27(26)31-29/h8-20H,1-7H3. The molecule has 0 unspecified atom stereocenters. The van der Waals surface area contributed by atoms with Gasteiger partial charge in [-0.3, -0.25) is 0 Å². The molecule has 1 heterocycles. The normalized spacial score (nSPS) is 13.4. The van der Waals surface area contributed by atoms with Crippen LogP contribution in [0.4, 0.5) is 11.4 Å². The zero-order valence-corrected chi connectivity index (χ0v) is 19.9. The molecule has 0 saturated carbocycles. The fraction of sp³-hybridized carbons (Fsp3) is 0.357. The quantitative estimate of drug-likeness (QED) is 0.409. The summed E-state index contributed by atoms with van der Waals surface area (Å²) < 4.78 is 6.75. The van der Waals surface area contributed by atoms with E-state index in [2.05, 4.69) is 114 Å². The highest BCUT2D eigenvalue weighted by Gasteiger charge is 2.43. The molecule has 0 fully saturated rings. The summed E-state index contributed by atoms with van der Waals surface area (Å²) in [6, 6.07) is 22.0. The first-order valence-electron chi connectivity index (χ1n) is 11.6. The second-order valence-electron chi connectivity index (χ2n) is 9.72. The van der Waals surface area contributed by atoms with Gasteiger partial charge in [-0.2, -0.15) is 0 Å². The molecule has 0 saturated heterocycles. The lowest BCUT2D eigenvalue weighted by molar-refractivity contribution is 0.601. The molecule has 1 aliphatic rings. The summed E-state index contributed by atoms with van der Waals surface area (Å²) in [5.41, 5.74) is 9.04. The van der Waals surface area contributed by atoms with E-state index in [1.165, 1.54) is 27.7 Å². The van der Waals surface area contributed by atoms with Gasteiger partial charge >= 0.3 is 7.05 Å². The number of fused-ring (bicyclic) bond motifs is 1. The van der Waals surface area contributed by atoms with Gasteiger partial charge in [0.25, 0.3) is 0 Å². The third-order valence-corrected chi connectivity index (χ3v) is 6.31. The minimum Gasteiger partial charge on any atom is -0.536 e. The van der Waals surface area contributed by atoms with Crippen molar-refractivity contribution < 1.29 is 4.65 Å². The molecular formula is C28H34BNO. The van der Waals surface area contributed by atoms with Crippen molar-refractivity contribution in [1.82, 2.24) is 0 Å². The van der Waals surface area contributed by atoms with Gasteiger partial charge in [0.05, 0.1) is 5.69 Å². The number of aryl methyl sites for hydroxylation is 1. The van der Waals surface area contributed by atoms with E-state index in [1.807, 2.05) is 0 Å². The fourth-order valence-corrected chi connectivity index (χ4v) is 4.56. The van der Waals surface area contributed by atoms with Crippen molar-refractivity contribution in [3.8, 4) is 5.75 Å². The van der Waals surface area contributed by atoms with Crippen LogP contribution in [0.15, 0.2) is 60.7 Å². The molecule has 0 atom stereocenters. The summed E-state index contributed by atoms with van der Waals surface area (Å²) >= 11 is 0. The average molecular weight is 411 g/mol. The maximum Gasteiger partial charge on any atom is 0.524 e. The Bertz CT molecular complexity index is 1040. The Labute approximate surface area is 188 Å². The third kappa shape index (κ3) is 3.98. The van der Waals surface area contributed by atoms with Crippen LogP contribution in [0.2, 0.25) is 0 Å². The van der Waals surface area contributed by atoms with Gasteiger partial charge < -0.3 is 9.47 Å². The highest BCUT2D eigenvalue weighted by Crippen LogP contribution is 2.42. The van der Waals surface area contributed by atoms with Gasteiger partial charge in [-0.15, -0.1) is 0 Å². The van der Waals surface area contributed by atoms with Gasteiger partial charge in [0.1, 0.15) is 5.75 Å². The molecule has 1 aliphatic heterocycles. The molecule has 0 radical (unpaired) electrons. The topological polar surface area (TPSA) is 12.5 Å². The van der Waals surface area contributed by atoms with Crippen LogP contribution < -0.4 is 14.9 Å². The van der Waals surface area contributed by atoms with E-state index in [9.17, 15) is 0 Å². The fourth-order valence-electron chi connectivity index (χ4n) is 4.56. The van der Waals surface area contributed by atoms with Crippen LogP contribution in [-0.4, -0.2) is 7.05 Å². The lowest BCUT2D eigenvalue weighted by Gasteiger charge is -2.29. The average Bonchev–Trinajstić information content (AvgIpc) is 3.11. The van der Waals surface area contributed by atoms with Gasteiger partial charge in [0.15, 0.2) is 0 Å². The number of anilines is 2. The number of para-hydroxylation sites is 1. The van der Waals surface area contributed by atoms with Gasteiger partial charge in [-0.1, -0.05) is 77.9 Å². The number of benzene rings is 3. The van der Waals surface area contributed by atoms with Crippen molar-refractivity contribution >= 4 is 23.9 Å². The van der Waals surface area contributed by atoms with Crippen molar-refractivity contribution in [3.05, 3.63) is 82.9 Å². The first-order valence-corrected chi connectivity index (χ1v) is 11.6. The van der Waals surface area contributed by atoms with Gasteiger partial charge in [-0.05, 0) is 76.7 Å². The number of rotatable bonds is 5. The minimum absolute atomic E-state index is 0.171. The molecule has 2 nitrogen and oxygen atoms in total. The Kier molecular flexibility index (Phi) is 5.88. The number of hydrogen-bond acceptors (Lipinski definition) is 2. The van der Waals surface area contributed by atoms with Gasteiger partial charge in [-0.25, -0.2) is 0 Å². The predicted octanol–water partition coefficient (Wildman–Crippen LogP) is 7.29. The summed E-state index contributed by atoms with van der Waals surface area (Å²) in [7, 11) is -0.171. The monoisotopic (exact) mass is 411 g/mol. The summed E-state index contributed by atoms with van der Waals surface area (Å²) in [6.45, 7) is 15.9. The molecule has 0 spiro atoms.